The van der Waals surface area contributed by atoms with Gasteiger partial charge >= 0.3 is 6.01 Å². The molecule has 0 atom stereocenters. The molecule has 1 heterocycles. The molecule has 6 heteroatoms. The van der Waals surface area contributed by atoms with E-state index in [-0.39, 0.29) is 0 Å². The van der Waals surface area contributed by atoms with Crippen molar-refractivity contribution in [3.63, 3.8) is 0 Å². The lowest BCUT2D eigenvalue weighted by Gasteiger charge is -2.10. The minimum atomic E-state index is 0.457. The summed E-state index contributed by atoms with van der Waals surface area (Å²) in [6.45, 7) is 4.94. The molecule has 1 fully saturated rings. The third-order valence-corrected chi connectivity index (χ3v) is 3.03. The first kappa shape index (κ1) is 13.3. The van der Waals surface area contributed by atoms with E-state index in [1.54, 1.807) is 0 Å². The molecule has 0 radical (unpaired) electrons. The second-order valence-electron chi connectivity index (χ2n) is 4.49. The molecule has 0 bridgehead atoms. The van der Waals surface area contributed by atoms with E-state index in [0.29, 0.717) is 37.7 Å². The molecular weight excluding hydrogens is 232 g/mol. The molecule has 2 N–H and O–H groups in total. The summed E-state index contributed by atoms with van der Waals surface area (Å²) in [5.41, 5.74) is 0. The fourth-order valence-electron chi connectivity index (χ4n) is 2.07. The molecule has 102 valence electrons. The monoisotopic (exact) mass is 254 g/mol. The second-order valence-corrected chi connectivity index (χ2v) is 4.49. The van der Waals surface area contributed by atoms with Crippen molar-refractivity contribution in [1.82, 2.24) is 15.5 Å². The van der Waals surface area contributed by atoms with Gasteiger partial charge in [-0.3, -0.25) is 0 Å². The third-order valence-electron chi connectivity index (χ3n) is 3.03. The Bertz CT molecular complexity index is 337. The first-order chi connectivity index (χ1) is 8.88. The van der Waals surface area contributed by atoms with E-state index in [9.17, 15) is 0 Å². The lowest BCUT2D eigenvalue weighted by atomic mass is 10.3. The fourth-order valence-corrected chi connectivity index (χ4v) is 2.07. The van der Waals surface area contributed by atoms with Crippen molar-refractivity contribution in [3.05, 3.63) is 5.89 Å². The van der Waals surface area contributed by atoms with Gasteiger partial charge in [0.2, 0.25) is 5.89 Å². The summed E-state index contributed by atoms with van der Waals surface area (Å²) >= 11 is 0. The highest BCUT2D eigenvalue weighted by atomic mass is 16.5. The molecule has 1 aliphatic carbocycles. The third kappa shape index (κ3) is 4.27. The first-order valence-corrected chi connectivity index (χ1v) is 6.77. The van der Waals surface area contributed by atoms with Crippen LogP contribution in [-0.4, -0.2) is 36.0 Å². The number of anilines is 1. The minimum Gasteiger partial charge on any atom is -0.407 e. The summed E-state index contributed by atoms with van der Waals surface area (Å²) in [6, 6.07) is 0.470. The lowest BCUT2D eigenvalue weighted by molar-refractivity contribution is 0.0656. The van der Waals surface area contributed by atoms with E-state index >= 15 is 0 Å². The highest BCUT2D eigenvalue weighted by molar-refractivity contribution is 5.16. The van der Waals surface area contributed by atoms with Crippen LogP contribution in [0.2, 0.25) is 0 Å². The van der Waals surface area contributed by atoms with Crippen LogP contribution in [0.3, 0.4) is 0 Å². The van der Waals surface area contributed by atoms with Crippen molar-refractivity contribution >= 4 is 6.01 Å². The smallest absolute Gasteiger partial charge is 0.315 e. The number of nitrogens with zero attached hydrogens (tertiary/aromatic N) is 2. The van der Waals surface area contributed by atoms with Crippen LogP contribution in [0.4, 0.5) is 6.01 Å². The van der Waals surface area contributed by atoms with Gasteiger partial charge in [0.1, 0.15) is 0 Å². The van der Waals surface area contributed by atoms with Gasteiger partial charge in [0.05, 0.1) is 19.3 Å². The van der Waals surface area contributed by atoms with Crippen molar-refractivity contribution in [2.75, 3.05) is 25.0 Å². The zero-order valence-corrected chi connectivity index (χ0v) is 10.9. The molecule has 0 amide bonds. The Labute approximate surface area is 107 Å². The van der Waals surface area contributed by atoms with E-state index in [2.05, 4.69) is 20.8 Å². The van der Waals surface area contributed by atoms with Gasteiger partial charge in [-0.05, 0) is 19.4 Å². The average molecular weight is 254 g/mol. The molecule has 18 heavy (non-hydrogen) atoms. The van der Waals surface area contributed by atoms with Crippen LogP contribution in [0.25, 0.3) is 0 Å². The van der Waals surface area contributed by atoms with Crippen molar-refractivity contribution in [2.24, 2.45) is 0 Å². The van der Waals surface area contributed by atoms with Gasteiger partial charge in [-0.15, -0.1) is 5.10 Å². The first-order valence-electron chi connectivity index (χ1n) is 6.77. The maximum absolute atomic E-state index is 5.73. The molecular formula is C12H22N4O2. The molecule has 1 aromatic rings. The predicted molar refractivity (Wildman–Crippen MR) is 68.4 cm³/mol. The van der Waals surface area contributed by atoms with Gasteiger partial charge < -0.3 is 19.8 Å². The Morgan fingerprint density at radius 3 is 2.94 bits per heavy atom. The topological polar surface area (TPSA) is 72.2 Å². The number of hydrogen-bond donors (Lipinski definition) is 2. The largest absolute Gasteiger partial charge is 0.407 e. The van der Waals surface area contributed by atoms with Gasteiger partial charge in [0.15, 0.2) is 0 Å². The maximum atomic E-state index is 5.73. The Morgan fingerprint density at radius 2 is 2.17 bits per heavy atom. The molecule has 6 nitrogen and oxygen atoms in total. The normalized spacial score (nSPS) is 16.3. The van der Waals surface area contributed by atoms with E-state index in [4.69, 9.17) is 9.15 Å². The quantitative estimate of drug-likeness (QED) is 0.686. The van der Waals surface area contributed by atoms with Gasteiger partial charge in [0, 0.05) is 6.54 Å². The second kappa shape index (κ2) is 7.33. The van der Waals surface area contributed by atoms with Crippen LogP contribution in [0.5, 0.6) is 0 Å². The van der Waals surface area contributed by atoms with Crippen LogP contribution in [0.1, 0.15) is 38.5 Å². The molecule has 0 aromatic carbocycles. The van der Waals surface area contributed by atoms with Crippen LogP contribution in [0, 0.1) is 0 Å². The van der Waals surface area contributed by atoms with Gasteiger partial charge in [-0.1, -0.05) is 24.9 Å². The Balaban J connectivity index is 1.59. The predicted octanol–water partition coefficient (Wildman–Crippen LogP) is 1.55. The number of ether oxygens (including phenoxy) is 1. The fraction of sp³-hybridized carbons (Fsp3) is 0.833. The minimum absolute atomic E-state index is 0.457. The zero-order valence-electron chi connectivity index (χ0n) is 10.9. The van der Waals surface area contributed by atoms with Crippen LogP contribution >= 0.6 is 0 Å². The maximum Gasteiger partial charge on any atom is 0.315 e. The summed E-state index contributed by atoms with van der Waals surface area (Å²) in [6.07, 6.45) is 5.46. The Kier molecular flexibility index (Phi) is 5.41. The van der Waals surface area contributed by atoms with E-state index < -0.39 is 0 Å². The standard InChI is InChI=1S/C12H22N4O2/c1-2-13-9-11-15-16-12(18-11)14-7-8-17-10-5-3-4-6-10/h10,13H,2-9H2,1H3,(H,14,16). The SMILES string of the molecule is CCNCc1nnc(NCCOC2CCCC2)o1. The molecule has 0 unspecified atom stereocenters. The van der Waals surface area contributed by atoms with Crippen LogP contribution < -0.4 is 10.6 Å². The van der Waals surface area contributed by atoms with Gasteiger partial charge in [-0.25, -0.2) is 0 Å². The molecule has 0 aliphatic heterocycles. The highest BCUT2D eigenvalue weighted by Gasteiger charge is 2.14. The number of rotatable bonds is 8. The summed E-state index contributed by atoms with van der Waals surface area (Å²) in [7, 11) is 0. The number of nitrogens with one attached hydrogen (secondary N) is 2. The van der Waals surface area contributed by atoms with E-state index in [1.165, 1.54) is 25.7 Å². The van der Waals surface area contributed by atoms with Crippen molar-refractivity contribution in [1.29, 1.82) is 0 Å². The highest BCUT2D eigenvalue weighted by Crippen LogP contribution is 2.20. The number of aromatic nitrogens is 2. The van der Waals surface area contributed by atoms with Crippen molar-refractivity contribution < 1.29 is 9.15 Å². The van der Waals surface area contributed by atoms with Crippen LogP contribution in [0.15, 0.2) is 4.42 Å². The van der Waals surface area contributed by atoms with Crippen LogP contribution in [-0.2, 0) is 11.3 Å². The molecule has 0 saturated heterocycles. The molecule has 2 rings (SSSR count). The van der Waals surface area contributed by atoms with Gasteiger partial charge in [-0.2, -0.15) is 0 Å². The molecule has 0 spiro atoms. The van der Waals surface area contributed by atoms with Crippen molar-refractivity contribution in [3.8, 4) is 0 Å². The molecule has 1 aliphatic rings. The summed E-state index contributed by atoms with van der Waals surface area (Å²) in [5, 5.41) is 14.0. The Hall–Kier alpha value is -1.14. The van der Waals surface area contributed by atoms with E-state index in [1.807, 2.05) is 6.92 Å². The molecule has 1 saturated carbocycles. The van der Waals surface area contributed by atoms with Crippen molar-refractivity contribution in [2.45, 2.75) is 45.3 Å². The summed E-state index contributed by atoms with van der Waals surface area (Å²) < 4.78 is 11.1. The average Bonchev–Trinajstić information content (AvgIpc) is 3.04. The number of hydrogen-bond acceptors (Lipinski definition) is 6. The zero-order chi connectivity index (χ0) is 12.6. The summed E-state index contributed by atoms with van der Waals surface area (Å²) in [4.78, 5) is 0. The summed E-state index contributed by atoms with van der Waals surface area (Å²) in [5.74, 6) is 0.607. The Morgan fingerprint density at radius 1 is 1.33 bits per heavy atom. The van der Waals surface area contributed by atoms with E-state index in [0.717, 1.165) is 6.54 Å². The molecule has 1 aromatic heterocycles. The van der Waals surface area contributed by atoms with Gasteiger partial charge in [0.25, 0.3) is 0 Å². The lowest BCUT2D eigenvalue weighted by Crippen LogP contribution is -2.15.